The molecule has 0 saturated heterocycles. The molecule has 1 aromatic rings. The quantitative estimate of drug-likeness (QED) is 0.799. The monoisotopic (exact) mass is 325 g/mol. The highest BCUT2D eigenvalue weighted by atomic mass is 32.2. The first kappa shape index (κ1) is 17.0. The van der Waals surface area contributed by atoms with Crippen LogP contribution in [0.1, 0.15) is 30.9 Å². The molecular formula is C16H23NO4S. The number of nitrogens with two attached hydrogens (primary N) is 1. The molecule has 1 fully saturated rings. The summed E-state index contributed by atoms with van der Waals surface area (Å²) >= 11 is 0. The summed E-state index contributed by atoms with van der Waals surface area (Å²) in [5.41, 5.74) is 6.58. The largest absolute Gasteiger partial charge is 0.465 e. The summed E-state index contributed by atoms with van der Waals surface area (Å²) in [4.78, 5) is 12.4. The molecule has 122 valence electrons. The van der Waals surface area contributed by atoms with E-state index in [2.05, 4.69) is 0 Å². The molecule has 1 aliphatic rings. The van der Waals surface area contributed by atoms with E-state index in [1.165, 1.54) is 0 Å². The summed E-state index contributed by atoms with van der Waals surface area (Å²) in [7, 11) is -3.40. The van der Waals surface area contributed by atoms with Crippen LogP contribution in [0.3, 0.4) is 0 Å². The summed E-state index contributed by atoms with van der Waals surface area (Å²) in [6.07, 6.45) is 0. The minimum Gasteiger partial charge on any atom is -0.465 e. The molecular weight excluding hydrogens is 302 g/mol. The fourth-order valence-corrected chi connectivity index (χ4v) is 5.27. The third-order valence-electron chi connectivity index (χ3n) is 4.48. The lowest BCUT2D eigenvalue weighted by atomic mass is 9.98. The summed E-state index contributed by atoms with van der Waals surface area (Å²) in [5, 5.41) is -0.795. The van der Waals surface area contributed by atoms with Gasteiger partial charge in [-0.05, 0) is 19.4 Å². The van der Waals surface area contributed by atoms with E-state index in [1.54, 1.807) is 13.8 Å². The molecule has 1 aliphatic carbocycles. The average Bonchev–Trinajstić information content (AvgIpc) is 3.20. The van der Waals surface area contributed by atoms with E-state index in [0.29, 0.717) is 0 Å². The molecule has 2 rings (SSSR count). The van der Waals surface area contributed by atoms with E-state index in [1.807, 2.05) is 31.2 Å². The van der Waals surface area contributed by atoms with Crippen molar-refractivity contribution in [1.29, 1.82) is 0 Å². The van der Waals surface area contributed by atoms with E-state index < -0.39 is 32.4 Å². The molecule has 0 bridgehead atoms. The lowest BCUT2D eigenvalue weighted by Crippen LogP contribution is -2.34. The second kappa shape index (κ2) is 6.01. The normalized spacial score (nSPS) is 27.5. The number of hydrogen-bond donors (Lipinski definition) is 1. The Morgan fingerprint density at radius 3 is 2.32 bits per heavy atom. The van der Waals surface area contributed by atoms with Crippen molar-refractivity contribution in [3.05, 3.63) is 35.4 Å². The van der Waals surface area contributed by atoms with Gasteiger partial charge in [-0.1, -0.05) is 36.8 Å². The van der Waals surface area contributed by atoms with Gasteiger partial charge in [0, 0.05) is 18.2 Å². The third-order valence-corrected chi connectivity index (χ3v) is 6.75. The van der Waals surface area contributed by atoms with Gasteiger partial charge in [0.05, 0.1) is 11.9 Å². The van der Waals surface area contributed by atoms with Gasteiger partial charge in [-0.25, -0.2) is 8.42 Å². The molecule has 0 heterocycles. The molecule has 3 atom stereocenters. The van der Waals surface area contributed by atoms with Gasteiger partial charge >= 0.3 is 5.97 Å². The van der Waals surface area contributed by atoms with Crippen LogP contribution in [0.4, 0.5) is 0 Å². The van der Waals surface area contributed by atoms with Gasteiger partial charge in [-0.2, -0.15) is 0 Å². The summed E-state index contributed by atoms with van der Waals surface area (Å²) < 4.78 is 30.0. The van der Waals surface area contributed by atoms with Gasteiger partial charge in [0.25, 0.3) is 0 Å². The topological polar surface area (TPSA) is 86.5 Å². The van der Waals surface area contributed by atoms with E-state index in [4.69, 9.17) is 10.5 Å². The number of carbonyl (C=O) groups excluding carboxylic acids is 1. The van der Waals surface area contributed by atoms with Gasteiger partial charge in [-0.3, -0.25) is 4.79 Å². The van der Waals surface area contributed by atoms with Crippen LogP contribution < -0.4 is 5.73 Å². The fourth-order valence-electron chi connectivity index (χ4n) is 3.19. The molecule has 1 saturated carbocycles. The molecule has 1 aromatic carbocycles. The summed E-state index contributed by atoms with van der Waals surface area (Å²) in [6.45, 7) is 5.42. The Morgan fingerprint density at radius 2 is 1.86 bits per heavy atom. The Labute approximate surface area is 131 Å². The van der Waals surface area contributed by atoms with Crippen molar-refractivity contribution in [1.82, 2.24) is 0 Å². The molecule has 22 heavy (non-hydrogen) atoms. The Balaban J connectivity index is 2.49. The average molecular weight is 325 g/mol. The first-order chi connectivity index (χ1) is 10.3. The third kappa shape index (κ3) is 2.54. The summed E-state index contributed by atoms with van der Waals surface area (Å²) in [5.74, 6) is -0.950. The number of sulfone groups is 1. The van der Waals surface area contributed by atoms with Gasteiger partial charge in [0.1, 0.15) is 5.41 Å². The predicted molar refractivity (Wildman–Crippen MR) is 85.3 cm³/mol. The number of carbonyl (C=O) groups is 1. The van der Waals surface area contributed by atoms with Crippen LogP contribution in [0.25, 0.3) is 0 Å². The second-order valence-electron chi connectivity index (χ2n) is 5.73. The molecule has 0 unspecified atom stereocenters. The molecule has 0 amide bonds. The van der Waals surface area contributed by atoms with Crippen LogP contribution in [0.2, 0.25) is 0 Å². The van der Waals surface area contributed by atoms with Gasteiger partial charge in [-0.15, -0.1) is 0 Å². The molecule has 0 radical (unpaired) electrons. The first-order valence-corrected chi connectivity index (χ1v) is 9.22. The Bertz CT molecular complexity index is 653. The van der Waals surface area contributed by atoms with Gasteiger partial charge in [0.15, 0.2) is 9.84 Å². The molecule has 6 heteroatoms. The number of esters is 1. The molecule has 0 aromatic heterocycles. The molecule has 0 spiro atoms. The maximum Gasteiger partial charge on any atom is 0.315 e. The molecule has 0 aliphatic heterocycles. The van der Waals surface area contributed by atoms with Gasteiger partial charge in [0.2, 0.25) is 0 Å². The van der Waals surface area contributed by atoms with E-state index in [0.717, 1.165) is 11.1 Å². The van der Waals surface area contributed by atoms with Crippen molar-refractivity contribution in [3.63, 3.8) is 0 Å². The zero-order valence-electron chi connectivity index (χ0n) is 13.2. The van der Waals surface area contributed by atoms with Crippen molar-refractivity contribution < 1.29 is 17.9 Å². The maximum absolute atomic E-state index is 12.4. The Kier molecular flexibility index (Phi) is 4.63. The van der Waals surface area contributed by atoms with Crippen molar-refractivity contribution in [3.8, 4) is 0 Å². The standard InChI is InChI=1S/C16H23NO4S/c1-4-21-15(18)16(10-17)13(14(16)22(19,20)5-2)12-8-6-11(3)7-9-12/h6-9,13-14H,4-5,10,17H2,1-3H3/t13-,14+,16+/m1/s1. The van der Waals surface area contributed by atoms with E-state index in [9.17, 15) is 13.2 Å². The van der Waals surface area contributed by atoms with Crippen molar-refractivity contribution in [2.24, 2.45) is 11.1 Å². The van der Waals surface area contributed by atoms with Crippen LogP contribution in [0.15, 0.2) is 24.3 Å². The van der Waals surface area contributed by atoms with Gasteiger partial charge < -0.3 is 10.5 Å². The highest BCUT2D eigenvalue weighted by Gasteiger charge is 2.74. The fraction of sp³-hybridized carbons (Fsp3) is 0.562. The number of benzene rings is 1. The zero-order valence-corrected chi connectivity index (χ0v) is 14.0. The van der Waals surface area contributed by atoms with Crippen LogP contribution >= 0.6 is 0 Å². The highest BCUT2D eigenvalue weighted by molar-refractivity contribution is 7.92. The SMILES string of the molecule is CCOC(=O)[C@@]1(CN)[C@H](c2ccc(C)cc2)[C@@H]1S(=O)(=O)CC. The van der Waals surface area contributed by atoms with E-state index in [-0.39, 0.29) is 18.9 Å². The second-order valence-corrected chi connectivity index (χ2v) is 8.14. The smallest absolute Gasteiger partial charge is 0.315 e. The van der Waals surface area contributed by atoms with Crippen molar-refractivity contribution in [2.75, 3.05) is 18.9 Å². The Morgan fingerprint density at radius 1 is 1.27 bits per heavy atom. The number of aryl methyl sites for hydroxylation is 1. The maximum atomic E-state index is 12.4. The van der Waals surface area contributed by atoms with Crippen LogP contribution in [0, 0.1) is 12.3 Å². The van der Waals surface area contributed by atoms with Crippen LogP contribution in [0.5, 0.6) is 0 Å². The number of hydrogen-bond acceptors (Lipinski definition) is 5. The predicted octanol–water partition coefficient (Wildman–Crippen LogP) is 1.40. The Hall–Kier alpha value is -1.40. The molecule has 5 nitrogen and oxygen atoms in total. The van der Waals surface area contributed by atoms with Crippen molar-refractivity contribution >= 4 is 15.8 Å². The summed E-state index contributed by atoms with van der Waals surface area (Å²) in [6, 6.07) is 7.56. The van der Waals surface area contributed by atoms with Crippen LogP contribution in [-0.2, 0) is 19.4 Å². The minimum atomic E-state index is -3.40. The number of rotatable bonds is 6. The highest BCUT2D eigenvalue weighted by Crippen LogP contribution is 2.63. The molecule has 2 N–H and O–H groups in total. The first-order valence-electron chi connectivity index (χ1n) is 7.50. The van der Waals surface area contributed by atoms with Crippen molar-refractivity contribution in [2.45, 2.75) is 31.9 Å². The van der Waals surface area contributed by atoms with E-state index >= 15 is 0 Å². The zero-order chi connectivity index (χ0) is 16.5. The minimum absolute atomic E-state index is 0.0127. The lowest BCUT2D eigenvalue weighted by molar-refractivity contribution is -0.149. The van der Waals surface area contributed by atoms with Crippen LogP contribution in [-0.4, -0.2) is 38.5 Å². The lowest BCUT2D eigenvalue weighted by Gasteiger charge is -2.14. The number of ether oxygens (including phenoxy) is 1.